The van der Waals surface area contributed by atoms with Crippen molar-refractivity contribution in [3.8, 4) is 0 Å². The van der Waals surface area contributed by atoms with Crippen LogP contribution in [0.25, 0.3) is 0 Å². The van der Waals surface area contributed by atoms with Gasteiger partial charge in [0.25, 0.3) is 5.91 Å². The topological polar surface area (TPSA) is 101 Å². The van der Waals surface area contributed by atoms with E-state index in [4.69, 9.17) is 5.73 Å². The van der Waals surface area contributed by atoms with Crippen LogP contribution in [0.3, 0.4) is 0 Å². The third-order valence-electron chi connectivity index (χ3n) is 3.65. The Morgan fingerprint density at radius 2 is 1.52 bits per heavy atom. The fourth-order valence-corrected chi connectivity index (χ4v) is 2.29. The normalized spacial score (nSPS) is 11.4. The van der Waals surface area contributed by atoms with Crippen LogP contribution in [0.2, 0.25) is 0 Å². The van der Waals surface area contributed by atoms with Crippen molar-refractivity contribution in [2.45, 2.75) is 25.4 Å². The summed E-state index contributed by atoms with van der Waals surface area (Å²) in [5, 5.41) is 5.44. The fourth-order valence-electron chi connectivity index (χ4n) is 2.29. The smallest absolute Gasteiger partial charge is 0.251 e. The molecule has 6 heteroatoms. The van der Waals surface area contributed by atoms with E-state index in [9.17, 15) is 14.4 Å². The molecule has 0 radical (unpaired) electrons. The van der Waals surface area contributed by atoms with Crippen molar-refractivity contribution in [2.75, 3.05) is 0 Å². The Kier molecular flexibility index (Phi) is 6.71. The van der Waals surface area contributed by atoms with E-state index in [1.807, 2.05) is 30.3 Å². The number of nitrogens with two attached hydrogens (primary N) is 1. The standard InChI is InChI=1S/C19H21N3O3/c20-17(23)12-11-16(22-18(24)15-9-5-2-6-10-15)19(25)21-13-14-7-3-1-4-8-14/h1-10,16H,11-13H2,(H2,20,23)(H,21,25)(H,22,24)/t16-/m0/s1. The molecule has 4 N–H and O–H groups in total. The number of benzene rings is 2. The highest BCUT2D eigenvalue weighted by Gasteiger charge is 2.21. The van der Waals surface area contributed by atoms with Crippen LogP contribution in [-0.2, 0) is 16.1 Å². The molecule has 0 saturated heterocycles. The summed E-state index contributed by atoms with van der Waals surface area (Å²) in [6.45, 7) is 0.341. The third kappa shape index (κ3) is 6.10. The number of carbonyl (C=O) groups excluding carboxylic acids is 3. The number of primary amides is 1. The monoisotopic (exact) mass is 339 g/mol. The van der Waals surface area contributed by atoms with Crippen LogP contribution < -0.4 is 16.4 Å². The first kappa shape index (κ1) is 18.2. The Balaban J connectivity index is 1.99. The molecule has 0 spiro atoms. The first-order valence-corrected chi connectivity index (χ1v) is 8.02. The zero-order valence-corrected chi connectivity index (χ0v) is 13.8. The van der Waals surface area contributed by atoms with E-state index in [0.717, 1.165) is 5.56 Å². The summed E-state index contributed by atoms with van der Waals surface area (Å²) in [4.78, 5) is 35.7. The van der Waals surface area contributed by atoms with Gasteiger partial charge < -0.3 is 16.4 Å². The van der Waals surface area contributed by atoms with Crippen molar-refractivity contribution in [2.24, 2.45) is 5.73 Å². The van der Waals surface area contributed by atoms with Crippen molar-refractivity contribution in [1.29, 1.82) is 0 Å². The highest BCUT2D eigenvalue weighted by molar-refractivity contribution is 5.97. The molecule has 6 nitrogen and oxygen atoms in total. The summed E-state index contributed by atoms with van der Waals surface area (Å²) >= 11 is 0. The summed E-state index contributed by atoms with van der Waals surface area (Å²) < 4.78 is 0. The van der Waals surface area contributed by atoms with Gasteiger partial charge in [-0.1, -0.05) is 48.5 Å². The number of nitrogens with one attached hydrogen (secondary N) is 2. The molecule has 130 valence electrons. The van der Waals surface area contributed by atoms with Crippen LogP contribution in [-0.4, -0.2) is 23.8 Å². The van der Waals surface area contributed by atoms with E-state index in [0.29, 0.717) is 12.1 Å². The largest absolute Gasteiger partial charge is 0.370 e. The third-order valence-corrected chi connectivity index (χ3v) is 3.65. The molecule has 0 unspecified atom stereocenters. The first-order valence-electron chi connectivity index (χ1n) is 8.02. The molecule has 2 aromatic rings. The Labute approximate surface area is 146 Å². The van der Waals surface area contributed by atoms with Crippen LogP contribution in [0.4, 0.5) is 0 Å². The molecule has 0 aliphatic rings. The number of hydrogen-bond donors (Lipinski definition) is 3. The van der Waals surface area contributed by atoms with Gasteiger partial charge in [-0.05, 0) is 24.1 Å². The van der Waals surface area contributed by atoms with Gasteiger partial charge in [0.15, 0.2) is 0 Å². The quantitative estimate of drug-likeness (QED) is 0.677. The maximum absolute atomic E-state index is 12.4. The predicted octanol–water partition coefficient (Wildman–Crippen LogP) is 1.37. The molecule has 0 heterocycles. The molecule has 25 heavy (non-hydrogen) atoms. The van der Waals surface area contributed by atoms with Crippen LogP contribution in [0.1, 0.15) is 28.8 Å². The van der Waals surface area contributed by atoms with Crippen LogP contribution in [0.5, 0.6) is 0 Å². The van der Waals surface area contributed by atoms with Crippen molar-refractivity contribution in [3.05, 3.63) is 71.8 Å². The zero-order chi connectivity index (χ0) is 18.1. The Morgan fingerprint density at radius 1 is 0.920 bits per heavy atom. The van der Waals surface area contributed by atoms with Crippen molar-refractivity contribution in [1.82, 2.24) is 10.6 Å². The SMILES string of the molecule is NC(=O)CC[C@H](NC(=O)c1ccccc1)C(=O)NCc1ccccc1. The lowest BCUT2D eigenvalue weighted by molar-refractivity contribution is -0.123. The van der Waals surface area contributed by atoms with Crippen LogP contribution in [0, 0.1) is 0 Å². The van der Waals surface area contributed by atoms with Gasteiger partial charge in [0.05, 0.1) is 0 Å². The van der Waals surface area contributed by atoms with Gasteiger partial charge in [-0.15, -0.1) is 0 Å². The van der Waals surface area contributed by atoms with Gasteiger partial charge in [-0.3, -0.25) is 14.4 Å². The average molecular weight is 339 g/mol. The molecule has 1 atom stereocenters. The minimum absolute atomic E-state index is 0.0124. The first-order chi connectivity index (χ1) is 12.1. The molecule has 0 aliphatic carbocycles. The van der Waals surface area contributed by atoms with Gasteiger partial charge in [-0.25, -0.2) is 0 Å². The molecule has 2 aromatic carbocycles. The number of rotatable bonds is 8. The van der Waals surface area contributed by atoms with Crippen molar-refractivity contribution >= 4 is 17.7 Å². The predicted molar refractivity (Wildman–Crippen MR) is 94.4 cm³/mol. The molecule has 0 bridgehead atoms. The molecule has 0 aliphatic heterocycles. The Hall–Kier alpha value is -3.15. The minimum Gasteiger partial charge on any atom is -0.370 e. The van der Waals surface area contributed by atoms with Gasteiger partial charge in [0, 0.05) is 18.5 Å². The van der Waals surface area contributed by atoms with Gasteiger partial charge in [0.1, 0.15) is 6.04 Å². The van der Waals surface area contributed by atoms with Gasteiger partial charge in [0.2, 0.25) is 11.8 Å². The fraction of sp³-hybridized carbons (Fsp3) is 0.211. The average Bonchev–Trinajstić information content (AvgIpc) is 2.64. The molecule has 0 saturated carbocycles. The minimum atomic E-state index is -0.830. The molecular weight excluding hydrogens is 318 g/mol. The van der Waals surface area contributed by atoms with E-state index in [1.54, 1.807) is 30.3 Å². The number of carbonyl (C=O) groups is 3. The molecular formula is C19H21N3O3. The number of hydrogen-bond acceptors (Lipinski definition) is 3. The van der Waals surface area contributed by atoms with E-state index in [1.165, 1.54) is 0 Å². The summed E-state index contributed by atoms with van der Waals surface area (Å²) in [7, 11) is 0. The molecule has 0 aromatic heterocycles. The van der Waals surface area contributed by atoms with E-state index >= 15 is 0 Å². The zero-order valence-electron chi connectivity index (χ0n) is 13.8. The maximum Gasteiger partial charge on any atom is 0.251 e. The lowest BCUT2D eigenvalue weighted by Crippen LogP contribution is -2.47. The lowest BCUT2D eigenvalue weighted by atomic mass is 10.1. The second kappa shape index (κ2) is 9.22. The Bertz CT molecular complexity index is 717. The highest BCUT2D eigenvalue weighted by Crippen LogP contribution is 2.04. The van der Waals surface area contributed by atoms with Gasteiger partial charge >= 0.3 is 0 Å². The van der Waals surface area contributed by atoms with Crippen molar-refractivity contribution in [3.63, 3.8) is 0 Å². The van der Waals surface area contributed by atoms with Crippen molar-refractivity contribution < 1.29 is 14.4 Å². The molecule has 2 rings (SSSR count). The van der Waals surface area contributed by atoms with Crippen LogP contribution >= 0.6 is 0 Å². The van der Waals surface area contributed by atoms with Crippen LogP contribution in [0.15, 0.2) is 60.7 Å². The molecule has 3 amide bonds. The lowest BCUT2D eigenvalue weighted by Gasteiger charge is -2.18. The highest BCUT2D eigenvalue weighted by atomic mass is 16.2. The number of amides is 3. The summed E-state index contributed by atoms with van der Waals surface area (Å²) in [6, 6.07) is 17.2. The maximum atomic E-state index is 12.4. The second-order valence-electron chi connectivity index (χ2n) is 5.60. The van der Waals surface area contributed by atoms with E-state index < -0.39 is 11.9 Å². The molecule has 0 fully saturated rings. The summed E-state index contributed by atoms with van der Waals surface area (Å²) in [5.74, 6) is -1.24. The van der Waals surface area contributed by atoms with E-state index in [-0.39, 0.29) is 24.7 Å². The second-order valence-corrected chi connectivity index (χ2v) is 5.60. The summed E-state index contributed by atoms with van der Waals surface area (Å²) in [6.07, 6.45) is 0.160. The van der Waals surface area contributed by atoms with Gasteiger partial charge in [-0.2, -0.15) is 0 Å². The Morgan fingerprint density at radius 3 is 2.12 bits per heavy atom. The summed E-state index contributed by atoms with van der Waals surface area (Å²) in [5.41, 5.74) is 6.55. The van der Waals surface area contributed by atoms with E-state index in [2.05, 4.69) is 10.6 Å².